The molecule has 0 aromatic carbocycles. The molecule has 2 aromatic rings. The van der Waals surface area contributed by atoms with Crippen LogP contribution in [0.15, 0.2) is 16.9 Å². The van der Waals surface area contributed by atoms with Gasteiger partial charge in [0.25, 0.3) is 5.89 Å². The summed E-state index contributed by atoms with van der Waals surface area (Å²) in [5.41, 5.74) is -1.63. The van der Waals surface area contributed by atoms with E-state index in [2.05, 4.69) is 15.1 Å². The summed E-state index contributed by atoms with van der Waals surface area (Å²) >= 11 is 0. The lowest BCUT2D eigenvalue weighted by Gasteiger charge is -2.05. The Kier molecular flexibility index (Phi) is 2.06. The Balaban J connectivity index is 2.41. The van der Waals surface area contributed by atoms with Crippen LogP contribution in [0.5, 0.6) is 0 Å². The van der Waals surface area contributed by atoms with Crippen LogP contribution in [0, 0.1) is 0 Å². The average molecular weight is 210 g/mol. The van der Waals surface area contributed by atoms with Crippen molar-refractivity contribution in [3.05, 3.63) is 18.3 Å². The zero-order chi connectivity index (χ0) is 11.1. The van der Waals surface area contributed by atoms with E-state index < -0.39 is 5.67 Å². The number of nitrogens with zero attached hydrogens (tertiary/aromatic N) is 4. The standard InChI is InChI=1S/C9H11FN4O/c1-9(2,10)8-12-6(13-15-8)7-11-4-5-14(7)3/h4-5H,1-3H3. The normalized spacial score (nSPS) is 12.0. The van der Waals surface area contributed by atoms with Gasteiger partial charge in [0, 0.05) is 19.4 Å². The molecule has 0 N–H and O–H groups in total. The van der Waals surface area contributed by atoms with Gasteiger partial charge in [-0.2, -0.15) is 4.98 Å². The fourth-order valence-corrected chi connectivity index (χ4v) is 1.14. The molecule has 0 saturated heterocycles. The molecule has 0 amide bonds. The number of hydrogen-bond acceptors (Lipinski definition) is 4. The number of halogens is 1. The second kappa shape index (κ2) is 3.15. The zero-order valence-electron chi connectivity index (χ0n) is 8.73. The van der Waals surface area contributed by atoms with E-state index in [1.54, 1.807) is 24.0 Å². The third kappa shape index (κ3) is 1.74. The van der Waals surface area contributed by atoms with Gasteiger partial charge in [0.05, 0.1) is 0 Å². The lowest BCUT2D eigenvalue weighted by molar-refractivity contribution is 0.155. The summed E-state index contributed by atoms with van der Waals surface area (Å²) in [4.78, 5) is 7.99. The summed E-state index contributed by atoms with van der Waals surface area (Å²) < 4.78 is 20.0. The Labute approximate surface area is 85.9 Å². The summed E-state index contributed by atoms with van der Waals surface area (Å²) in [5, 5.41) is 3.68. The minimum absolute atomic E-state index is 0.0412. The van der Waals surface area contributed by atoms with Crippen LogP contribution in [0.2, 0.25) is 0 Å². The van der Waals surface area contributed by atoms with Crippen molar-refractivity contribution < 1.29 is 8.91 Å². The number of imidazole rings is 1. The Bertz CT molecular complexity index is 468. The van der Waals surface area contributed by atoms with Crippen LogP contribution in [-0.4, -0.2) is 19.7 Å². The van der Waals surface area contributed by atoms with Crippen LogP contribution in [0.4, 0.5) is 4.39 Å². The highest BCUT2D eigenvalue weighted by atomic mass is 19.1. The average Bonchev–Trinajstić information content (AvgIpc) is 2.69. The lowest BCUT2D eigenvalue weighted by atomic mass is 10.2. The molecule has 0 bridgehead atoms. The maximum Gasteiger partial charge on any atom is 0.264 e. The van der Waals surface area contributed by atoms with Crippen molar-refractivity contribution in [2.45, 2.75) is 19.5 Å². The minimum Gasteiger partial charge on any atom is -0.335 e. The van der Waals surface area contributed by atoms with Gasteiger partial charge in [-0.3, -0.25) is 0 Å². The topological polar surface area (TPSA) is 56.7 Å². The predicted octanol–water partition coefficient (Wildman–Crippen LogP) is 1.67. The van der Waals surface area contributed by atoms with Crippen LogP contribution in [-0.2, 0) is 12.7 Å². The third-order valence-electron chi connectivity index (χ3n) is 1.96. The molecular weight excluding hydrogens is 199 g/mol. The molecule has 6 heteroatoms. The van der Waals surface area contributed by atoms with Gasteiger partial charge in [0.2, 0.25) is 5.82 Å². The summed E-state index contributed by atoms with van der Waals surface area (Å²) in [6.07, 6.45) is 3.37. The van der Waals surface area contributed by atoms with Crippen LogP contribution in [0.3, 0.4) is 0 Å². The van der Waals surface area contributed by atoms with Crippen molar-refractivity contribution in [1.29, 1.82) is 0 Å². The molecule has 2 heterocycles. The van der Waals surface area contributed by atoms with Gasteiger partial charge in [-0.25, -0.2) is 9.37 Å². The van der Waals surface area contributed by atoms with E-state index in [1.807, 2.05) is 0 Å². The van der Waals surface area contributed by atoms with Crippen LogP contribution >= 0.6 is 0 Å². The molecule has 0 unspecified atom stereocenters. The summed E-state index contributed by atoms with van der Waals surface area (Å²) in [5.74, 6) is 0.804. The monoisotopic (exact) mass is 210 g/mol. The van der Waals surface area contributed by atoms with Gasteiger partial charge in [-0.05, 0) is 13.8 Å². The minimum atomic E-state index is -1.63. The molecule has 5 nitrogen and oxygen atoms in total. The van der Waals surface area contributed by atoms with E-state index in [1.165, 1.54) is 13.8 Å². The molecule has 0 spiro atoms. The first-order valence-corrected chi connectivity index (χ1v) is 4.49. The first-order chi connectivity index (χ1) is 6.98. The molecule has 0 aliphatic heterocycles. The second-order valence-corrected chi connectivity index (χ2v) is 3.76. The number of rotatable bonds is 2. The van der Waals surface area contributed by atoms with Crippen molar-refractivity contribution >= 4 is 0 Å². The van der Waals surface area contributed by atoms with E-state index in [0.29, 0.717) is 11.6 Å². The predicted molar refractivity (Wildman–Crippen MR) is 50.6 cm³/mol. The first kappa shape index (κ1) is 9.82. The van der Waals surface area contributed by atoms with Gasteiger partial charge in [-0.15, -0.1) is 0 Å². The van der Waals surface area contributed by atoms with Gasteiger partial charge in [0.1, 0.15) is 0 Å². The molecule has 0 aliphatic rings. The van der Waals surface area contributed by atoms with Crippen LogP contribution < -0.4 is 0 Å². The Morgan fingerprint density at radius 2 is 2.20 bits per heavy atom. The van der Waals surface area contributed by atoms with Crippen molar-refractivity contribution in [2.75, 3.05) is 0 Å². The highest BCUT2D eigenvalue weighted by molar-refractivity contribution is 5.42. The first-order valence-electron chi connectivity index (χ1n) is 4.49. The molecule has 0 aliphatic carbocycles. The molecule has 0 fully saturated rings. The van der Waals surface area contributed by atoms with Gasteiger partial charge < -0.3 is 9.09 Å². The Hall–Kier alpha value is -1.72. The maximum absolute atomic E-state index is 13.5. The Morgan fingerprint density at radius 3 is 2.67 bits per heavy atom. The van der Waals surface area contributed by atoms with E-state index >= 15 is 0 Å². The van der Waals surface area contributed by atoms with Crippen molar-refractivity contribution in [3.8, 4) is 11.6 Å². The number of aromatic nitrogens is 4. The Morgan fingerprint density at radius 1 is 1.47 bits per heavy atom. The summed E-state index contributed by atoms with van der Waals surface area (Å²) in [7, 11) is 1.80. The molecule has 0 radical (unpaired) electrons. The molecule has 0 saturated carbocycles. The van der Waals surface area contributed by atoms with E-state index in [4.69, 9.17) is 4.52 Å². The second-order valence-electron chi connectivity index (χ2n) is 3.76. The third-order valence-corrected chi connectivity index (χ3v) is 1.96. The summed E-state index contributed by atoms with van der Waals surface area (Å²) in [6.45, 7) is 2.73. The summed E-state index contributed by atoms with van der Waals surface area (Å²) in [6, 6.07) is 0. The zero-order valence-corrected chi connectivity index (χ0v) is 8.73. The van der Waals surface area contributed by atoms with Crippen LogP contribution in [0.1, 0.15) is 19.7 Å². The fraction of sp³-hybridized carbons (Fsp3) is 0.444. The van der Waals surface area contributed by atoms with E-state index in [-0.39, 0.29) is 5.89 Å². The smallest absolute Gasteiger partial charge is 0.264 e. The molecular formula is C9H11FN4O. The number of aryl methyl sites for hydroxylation is 1. The lowest BCUT2D eigenvalue weighted by Crippen LogP contribution is -2.09. The van der Waals surface area contributed by atoms with Crippen molar-refractivity contribution in [3.63, 3.8) is 0 Å². The van der Waals surface area contributed by atoms with E-state index in [9.17, 15) is 4.39 Å². The molecule has 0 atom stereocenters. The van der Waals surface area contributed by atoms with Gasteiger partial charge in [-0.1, -0.05) is 5.16 Å². The van der Waals surface area contributed by atoms with E-state index in [0.717, 1.165) is 0 Å². The quantitative estimate of drug-likeness (QED) is 0.756. The molecule has 2 rings (SSSR count). The van der Waals surface area contributed by atoms with Gasteiger partial charge >= 0.3 is 0 Å². The van der Waals surface area contributed by atoms with Crippen molar-refractivity contribution in [1.82, 2.24) is 19.7 Å². The fourth-order valence-electron chi connectivity index (χ4n) is 1.14. The highest BCUT2D eigenvalue weighted by Gasteiger charge is 2.27. The largest absolute Gasteiger partial charge is 0.335 e. The molecule has 80 valence electrons. The van der Waals surface area contributed by atoms with Crippen molar-refractivity contribution in [2.24, 2.45) is 7.05 Å². The maximum atomic E-state index is 13.5. The highest BCUT2D eigenvalue weighted by Crippen LogP contribution is 2.24. The molecule has 2 aromatic heterocycles. The van der Waals surface area contributed by atoms with Gasteiger partial charge in [0.15, 0.2) is 11.5 Å². The molecule has 15 heavy (non-hydrogen) atoms. The van der Waals surface area contributed by atoms with Crippen LogP contribution in [0.25, 0.3) is 11.6 Å². The number of hydrogen-bond donors (Lipinski definition) is 0. The SMILES string of the molecule is Cn1ccnc1-c1noc(C(C)(C)F)n1. The number of alkyl halides is 1.